The highest BCUT2D eigenvalue weighted by molar-refractivity contribution is 6.32. The summed E-state index contributed by atoms with van der Waals surface area (Å²) in [5.74, 6) is -1.08. The van der Waals surface area contributed by atoms with Crippen LogP contribution < -0.4 is 10.6 Å². The molecule has 2 aromatic carbocycles. The first-order valence-electron chi connectivity index (χ1n) is 9.01. The first-order chi connectivity index (χ1) is 13.9. The van der Waals surface area contributed by atoms with Crippen LogP contribution in [-0.4, -0.2) is 16.8 Å². The molecule has 29 heavy (non-hydrogen) atoms. The first-order valence-corrected chi connectivity index (χ1v) is 9.39. The molecule has 6 heteroatoms. The van der Waals surface area contributed by atoms with Gasteiger partial charge in [0.1, 0.15) is 10.7 Å². The van der Waals surface area contributed by atoms with Gasteiger partial charge in [-0.05, 0) is 61.4 Å². The van der Waals surface area contributed by atoms with Gasteiger partial charge in [-0.3, -0.25) is 9.59 Å². The summed E-state index contributed by atoms with van der Waals surface area (Å²) >= 11 is 6.12. The fraction of sp³-hybridized carbons (Fsp3) is 0.0870. The number of carbonyl (C=O) groups is 2. The Morgan fingerprint density at radius 2 is 1.55 bits per heavy atom. The number of carbonyl (C=O) groups excluding carboxylic acids is 2. The van der Waals surface area contributed by atoms with Crippen molar-refractivity contribution in [2.75, 3.05) is 10.6 Å². The predicted molar refractivity (Wildman–Crippen MR) is 117 cm³/mol. The molecule has 3 rings (SSSR count). The number of anilines is 2. The Balaban J connectivity index is 1.93. The van der Waals surface area contributed by atoms with Crippen LogP contribution in [0.2, 0.25) is 5.15 Å². The van der Waals surface area contributed by atoms with E-state index >= 15 is 0 Å². The van der Waals surface area contributed by atoms with Crippen LogP contribution in [0.5, 0.6) is 0 Å². The zero-order valence-corrected chi connectivity index (χ0v) is 16.8. The largest absolute Gasteiger partial charge is 0.322 e. The Bertz CT molecular complexity index is 1080. The van der Waals surface area contributed by atoms with Crippen molar-refractivity contribution < 1.29 is 9.59 Å². The second-order valence-corrected chi connectivity index (χ2v) is 6.87. The van der Waals surface area contributed by atoms with Gasteiger partial charge < -0.3 is 10.6 Å². The molecule has 0 unspecified atom stereocenters. The standard InChI is InChI=1S/C23H20ClN3O2/c1-15-10-11-19(13-16(15)2)27-23(29)20(14-17-7-6-12-25-21(17)24)22(28)26-18-8-4-3-5-9-18/h3-14H,1-2H3,(H,26,28)(H,27,29)/b20-14+. The monoisotopic (exact) mass is 405 g/mol. The number of nitrogens with zero attached hydrogens (tertiary/aromatic N) is 1. The van der Waals surface area contributed by atoms with Crippen LogP contribution in [0.4, 0.5) is 11.4 Å². The molecule has 1 aromatic heterocycles. The minimum Gasteiger partial charge on any atom is -0.322 e. The summed E-state index contributed by atoms with van der Waals surface area (Å²) in [5, 5.41) is 5.73. The van der Waals surface area contributed by atoms with Gasteiger partial charge in [-0.1, -0.05) is 41.9 Å². The lowest BCUT2D eigenvalue weighted by atomic mass is 10.1. The summed E-state index contributed by atoms with van der Waals surface area (Å²) in [6.45, 7) is 3.95. The number of aromatic nitrogens is 1. The average Bonchev–Trinajstić information content (AvgIpc) is 2.70. The highest BCUT2D eigenvalue weighted by atomic mass is 35.5. The van der Waals surface area contributed by atoms with E-state index in [9.17, 15) is 9.59 Å². The minimum atomic E-state index is -0.544. The SMILES string of the molecule is Cc1ccc(NC(=O)/C(=C/c2cccnc2Cl)C(=O)Nc2ccccc2)cc1C. The van der Waals surface area contributed by atoms with Crippen LogP contribution in [0, 0.1) is 13.8 Å². The van der Waals surface area contributed by atoms with E-state index in [1.165, 1.54) is 6.08 Å². The predicted octanol–water partition coefficient (Wildman–Crippen LogP) is 5.01. The van der Waals surface area contributed by atoms with Crippen molar-refractivity contribution in [1.82, 2.24) is 4.98 Å². The number of hydrogen-bond donors (Lipinski definition) is 2. The van der Waals surface area contributed by atoms with Gasteiger partial charge in [0, 0.05) is 23.1 Å². The van der Waals surface area contributed by atoms with Gasteiger partial charge in [-0.2, -0.15) is 0 Å². The minimum absolute atomic E-state index is 0.0815. The highest BCUT2D eigenvalue weighted by Crippen LogP contribution is 2.19. The number of nitrogens with one attached hydrogen (secondary N) is 2. The van der Waals surface area contributed by atoms with Gasteiger partial charge in [-0.15, -0.1) is 0 Å². The van der Waals surface area contributed by atoms with Gasteiger partial charge in [0.2, 0.25) is 0 Å². The number of para-hydroxylation sites is 1. The molecular weight excluding hydrogens is 386 g/mol. The van der Waals surface area contributed by atoms with E-state index in [1.54, 1.807) is 48.7 Å². The van der Waals surface area contributed by atoms with Crippen LogP contribution in [0.3, 0.4) is 0 Å². The molecule has 3 aromatic rings. The Labute approximate surface area is 174 Å². The molecule has 5 nitrogen and oxygen atoms in total. The van der Waals surface area contributed by atoms with Crippen molar-refractivity contribution in [2.24, 2.45) is 0 Å². The number of benzene rings is 2. The van der Waals surface area contributed by atoms with E-state index in [-0.39, 0.29) is 10.7 Å². The van der Waals surface area contributed by atoms with E-state index in [1.807, 2.05) is 32.0 Å². The lowest BCUT2D eigenvalue weighted by Gasteiger charge is -2.12. The molecule has 2 amide bonds. The summed E-state index contributed by atoms with van der Waals surface area (Å²) < 4.78 is 0. The van der Waals surface area contributed by atoms with Gasteiger partial charge >= 0.3 is 0 Å². The van der Waals surface area contributed by atoms with Crippen LogP contribution in [0.15, 0.2) is 72.4 Å². The Morgan fingerprint density at radius 3 is 2.21 bits per heavy atom. The van der Waals surface area contributed by atoms with Crippen LogP contribution >= 0.6 is 11.6 Å². The van der Waals surface area contributed by atoms with E-state index in [0.717, 1.165) is 11.1 Å². The Kier molecular flexibility index (Phi) is 6.42. The molecule has 146 valence electrons. The molecular formula is C23H20ClN3O2. The number of halogens is 1. The Morgan fingerprint density at radius 1 is 0.862 bits per heavy atom. The number of aryl methyl sites for hydroxylation is 2. The smallest absolute Gasteiger partial charge is 0.261 e. The van der Waals surface area contributed by atoms with Gasteiger partial charge in [0.25, 0.3) is 11.8 Å². The van der Waals surface area contributed by atoms with E-state index in [2.05, 4.69) is 15.6 Å². The van der Waals surface area contributed by atoms with Crippen LogP contribution in [0.1, 0.15) is 16.7 Å². The summed E-state index contributed by atoms with van der Waals surface area (Å²) in [6.07, 6.45) is 2.97. The van der Waals surface area contributed by atoms with Crippen molar-refractivity contribution in [2.45, 2.75) is 13.8 Å². The molecule has 0 aliphatic heterocycles. The summed E-state index contributed by atoms with van der Waals surface area (Å²) in [6, 6.07) is 17.9. The lowest BCUT2D eigenvalue weighted by molar-refractivity contribution is -0.118. The normalized spacial score (nSPS) is 11.1. The molecule has 0 radical (unpaired) electrons. The average molecular weight is 406 g/mol. The third kappa shape index (κ3) is 5.30. The van der Waals surface area contributed by atoms with E-state index < -0.39 is 11.8 Å². The van der Waals surface area contributed by atoms with Crippen LogP contribution in [0.25, 0.3) is 6.08 Å². The molecule has 2 N–H and O–H groups in total. The molecule has 0 aliphatic rings. The highest BCUT2D eigenvalue weighted by Gasteiger charge is 2.20. The van der Waals surface area contributed by atoms with Crippen molar-refractivity contribution in [3.8, 4) is 0 Å². The van der Waals surface area contributed by atoms with E-state index in [4.69, 9.17) is 11.6 Å². The van der Waals surface area contributed by atoms with Crippen molar-refractivity contribution in [3.63, 3.8) is 0 Å². The third-order valence-electron chi connectivity index (χ3n) is 4.37. The summed E-state index contributed by atoms with van der Waals surface area (Å²) in [7, 11) is 0. The zero-order valence-electron chi connectivity index (χ0n) is 16.1. The number of hydrogen-bond acceptors (Lipinski definition) is 3. The van der Waals surface area contributed by atoms with Crippen molar-refractivity contribution in [3.05, 3.63) is 94.3 Å². The summed E-state index contributed by atoms with van der Waals surface area (Å²) in [4.78, 5) is 29.8. The quantitative estimate of drug-likeness (QED) is 0.271. The molecule has 1 heterocycles. The fourth-order valence-electron chi connectivity index (χ4n) is 2.63. The summed E-state index contributed by atoms with van der Waals surface area (Å²) in [5.41, 5.74) is 3.73. The molecule has 0 aliphatic carbocycles. The molecule has 0 saturated carbocycles. The molecule has 0 spiro atoms. The molecule has 0 atom stereocenters. The Hall–Kier alpha value is -3.44. The lowest BCUT2D eigenvalue weighted by Crippen LogP contribution is -2.25. The maximum absolute atomic E-state index is 13.0. The van der Waals surface area contributed by atoms with E-state index in [0.29, 0.717) is 16.9 Å². The topological polar surface area (TPSA) is 71.1 Å². The second kappa shape index (κ2) is 9.17. The zero-order chi connectivity index (χ0) is 20.8. The molecule has 0 bridgehead atoms. The number of pyridine rings is 1. The maximum Gasteiger partial charge on any atom is 0.261 e. The first kappa shape index (κ1) is 20.3. The fourth-order valence-corrected chi connectivity index (χ4v) is 2.81. The van der Waals surface area contributed by atoms with Gasteiger partial charge in [0.05, 0.1) is 0 Å². The third-order valence-corrected chi connectivity index (χ3v) is 4.69. The maximum atomic E-state index is 13.0. The van der Waals surface area contributed by atoms with Gasteiger partial charge in [0.15, 0.2) is 0 Å². The number of amides is 2. The van der Waals surface area contributed by atoms with Crippen molar-refractivity contribution in [1.29, 1.82) is 0 Å². The van der Waals surface area contributed by atoms with Gasteiger partial charge in [-0.25, -0.2) is 4.98 Å². The molecule has 0 fully saturated rings. The van der Waals surface area contributed by atoms with Crippen molar-refractivity contribution >= 4 is 40.9 Å². The van der Waals surface area contributed by atoms with Crippen LogP contribution in [-0.2, 0) is 9.59 Å². The number of rotatable bonds is 5. The molecule has 0 saturated heterocycles. The second-order valence-electron chi connectivity index (χ2n) is 6.51.